The van der Waals surface area contributed by atoms with Crippen molar-refractivity contribution >= 4 is 29.1 Å². The number of carbonyl (C=O) groups excluding carboxylic acids is 1. The minimum absolute atomic E-state index is 0.0155. The van der Waals surface area contributed by atoms with Gasteiger partial charge in [-0.2, -0.15) is 0 Å². The number of hydrogen-bond acceptors (Lipinski definition) is 2. The van der Waals surface area contributed by atoms with Crippen molar-refractivity contribution in [3.8, 4) is 0 Å². The lowest BCUT2D eigenvalue weighted by Crippen LogP contribution is -2.35. The molecule has 2 aromatic carbocycles. The topological polar surface area (TPSA) is 23.6 Å². The zero-order chi connectivity index (χ0) is 16.9. The molecular formula is C19H20Cl2N2O. The third kappa shape index (κ3) is 4.29. The Morgan fingerprint density at radius 3 is 2.50 bits per heavy atom. The fourth-order valence-corrected chi connectivity index (χ4v) is 3.50. The molecular weight excluding hydrogens is 343 g/mol. The van der Waals surface area contributed by atoms with Gasteiger partial charge in [-0.25, -0.2) is 0 Å². The number of benzene rings is 2. The third-order valence-corrected chi connectivity index (χ3v) is 4.83. The van der Waals surface area contributed by atoms with E-state index in [1.54, 1.807) is 18.2 Å². The van der Waals surface area contributed by atoms with Crippen molar-refractivity contribution < 1.29 is 4.79 Å². The maximum absolute atomic E-state index is 12.7. The summed E-state index contributed by atoms with van der Waals surface area (Å²) in [7, 11) is 0. The number of halogens is 2. The van der Waals surface area contributed by atoms with E-state index in [0.717, 1.165) is 32.6 Å². The molecule has 1 aliphatic rings. The lowest BCUT2D eigenvalue weighted by atomic mass is 10.2. The fourth-order valence-electron chi connectivity index (χ4n) is 3.01. The number of carbonyl (C=O) groups is 1. The first-order valence-electron chi connectivity index (χ1n) is 8.14. The summed E-state index contributed by atoms with van der Waals surface area (Å²) in [4.78, 5) is 17.0. The summed E-state index contributed by atoms with van der Waals surface area (Å²) in [5, 5.41) is 0.958. The fraction of sp³-hybridized carbons (Fsp3) is 0.316. The number of amides is 1. The largest absolute Gasteiger partial charge is 0.337 e. The van der Waals surface area contributed by atoms with E-state index in [1.807, 2.05) is 11.0 Å². The van der Waals surface area contributed by atoms with Crippen molar-refractivity contribution in [3.63, 3.8) is 0 Å². The molecule has 2 aromatic rings. The first-order valence-corrected chi connectivity index (χ1v) is 8.90. The van der Waals surface area contributed by atoms with E-state index in [1.165, 1.54) is 5.56 Å². The van der Waals surface area contributed by atoms with Gasteiger partial charge in [-0.15, -0.1) is 0 Å². The van der Waals surface area contributed by atoms with Crippen LogP contribution in [0, 0.1) is 0 Å². The van der Waals surface area contributed by atoms with Crippen molar-refractivity contribution in [2.75, 3.05) is 26.2 Å². The van der Waals surface area contributed by atoms with Crippen LogP contribution in [0.1, 0.15) is 22.3 Å². The van der Waals surface area contributed by atoms with Gasteiger partial charge in [0.1, 0.15) is 0 Å². The molecule has 0 aromatic heterocycles. The Hall–Kier alpha value is -1.55. The predicted molar refractivity (Wildman–Crippen MR) is 98.7 cm³/mol. The second-order valence-corrected chi connectivity index (χ2v) is 6.88. The van der Waals surface area contributed by atoms with Crippen molar-refractivity contribution in [2.24, 2.45) is 0 Å². The Bertz CT molecular complexity index is 706. The van der Waals surface area contributed by atoms with Crippen LogP contribution in [0.4, 0.5) is 0 Å². The highest BCUT2D eigenvalue weighted by molar-refractivity contribution is 6.36. The highest BCUT2D eigenvalue weighted by atomic mass is 35.5. The van der Waals surface area contributed by atoms with Crippen LogP contribution in [0.15, 0.2) is 48.5 Å². The van der Waals surface area contributed by atoms with Crippen molar-refractivity contribution in [1.82, 2.24) is 9.80 Å². The molecule has 3 rings (SSSR count). The lowest BCUT2D eigenvalue weighted by Gasteiger charge is -2.22. The maximum atomic E-state index is 12.7. The standard InChI is InChI=1S/C19H20Cl2N2O/c20-16-7-8-17(18(21)13-16)19(24)23-10-4-9-22(11-12-23)14-15-5-2-1-3-6-15/h1-3,5-8,13H,4,9-12,14H2. The van der Waals surface area contributed by atoms with Gasteiger partial charge in [0, 0.05) is 37.7 Å². The van der Waals surface area contributed by atoms with Gasteiger partial charge in [0.25, 0.3) is 5.91 Å². The molecule has 0 bridgehead atoms. The van der Waals surface area contributed by atoms with Crippen LogP contribution in [0.3, 0.4) is 0 Å². The molecule has 1 heterocycles. The second kappa shape index (κ2) is 8.02. The summed E-state index contributed by atoms with van der Waals surface area (Å²) >= 11 is 12.1. The number of nitrogens with zero attached hydrogens (tertiary/aromatic N) is 2. The maximum Gasteiger partial charge on any atom is 0.255 e. The molecule has 0 spiro atoms. The molecule has 0 unspecified atom stereocenters. The van der Waals surface area contributed by atoms with Gasteiger partial charge in [-0.1, -0.05) is 53.5 Å². The minimum atomic E-state index is -0.0155. The summed E-state index contributed by atoms with van der Waals surface area (Å²) in [6.45, 7) is 4.25. The van der Waals surface area contributed by atoms with Gasteiger partial charge in [0.2, 0.25) is 0 Å². The Morgan fingerprint density at radius 1 is 0.958 bits per heavy atom. The molecule has 24 heavy (non-hydrogen) atoms. The number of hydrogen-bond donors (Lipinski definition) is 0. The van der Waals surface area contributed by atoms with Gasteiger partial charge in [-0.3, -0.25) is 9.69 Å². The zero-order valence-electron chi connectivity index (χ0n) is 13.4. The summed E-state index contributed by atoms with van der Waals surface area (Å²) in [5.41, 5.74) is 1.83. The van der Waals surface area contributed by atoms with Crippen LogP contribution in [0.2, 0.25) is 10.0 Å². The molecule has 0 saturated carbocycles. The van der Waals surface area contributed by atoms with Gasteiger partial charge in [0.05, 0.1) is 10.6 Å². The molecule has 3 nitrogen and oxygen atoms in total. The van der Waals surface area contributed by atoms with Gasteiger partial charge < -0.3 is 4.90 Å². The van der Waals surface area contributed by atoms with Crippen LogP contribution in [-0.2, 0) is 6.54 Å². The Kier molecular flexibility index (Phi) is 5.77. The van der Waals surface area contributed by atoms with Gasteiger partial charge in [-0.05, 0) is 30.2 Å². The van der Waals surface area contributed by atoms with Crippen LogP contribution >= 0.6 is 23.2 Å². The normalized spacial score (nSPS) is 16.0. The van der Waals surface area contributed by atoms with Crippen LogP contribution in [0.5, 0.6) is 0 Å². The summed E-state index contributed by atoms with van der Waals surface area (Å²) in [5.74, 6) is -0.0155. The van der Waals surface area contributed by atoms with E-state index in [0.29, 0.717) is 22.2 Å². The SMILES string of the molecule is O=C(c1ccc(Cl)cc1Cl)N1CCCN(Cc2ccccc2)CC1. The lowest BCUT2D eigenvalue weighted by molar-refractivity contribution is 0.0761. The molecule has 1 amide bonds. The van der Waals surface area contributed by atoms with Crippen molar-refractivity contribution in [3.05, 3.63) is 69.7 Å². The summed E-state index contributed by atoms with van der Waals surface area (Å²) < 4.78 is 0. The Balaban J connectivity index is 1.63. The zero-order valence-corrected chi connectivity index (χ0v) is 14.9. The minimum Gasteiger partial charge on any atom is -0.337 e. The van der Waals surface area contributed by atoms with Crippen LogP contribution in [-0.4, -0.2) is 41.9 Å². The molecule has 0 N–H and O–H groups in total. The quantitative estimate of drug-likeness (QED) is 0.810. The average molecular weight is 363 g/mol. The van der Waals surface area contributed by atoms with E-state index >= 15 is 0 Å². The molecule has 0 radical (unpaired) electrons. The van der Waals surface area contributed by atoms with Crippen molar-refractivity contribution in [2.45, 2.75) is 13.0 Å². The first kappa shape index (κ1) is 17.3. The summed E-state index contributed by atoms with van der Waals surface area (Å²) in [6.07, 6.45) is 0.962. The molecule has 0 atom stereocenters. The Labute approximate surface area is 152 Å². The molecule has 1 aliphatic heterocycles. The molecule has 1 saturated heterocycles. The summed E-state index contributed by atoms with van der Waals surface area (Å²) in [6, 6.07) is 15.5. The molecule has 5 heteroatoms. The number of rotatable bonds is 3. The van der Waals surface area contributed by atoms with Gasteiger partial charge in [0.15, 0.2) is 0 Å². The monoisotopic (exact) mass is 362 g/mol. The van der Waals surface area contributed by atoms with E-state index in [9.17, 15) is 4.79 Å². The third-order valence-electron chi connectivity index (χ3n) is 4.29. The smallest absolute Gasteiger partial charge is 0.255 e. The van der Waals surface area contributed by atoms with E-state index < -0.39 is 0 Å². The van der Waals surface area contributed by atoms with Crippen molar-refractivity contribution in [1.29, 1.82) is 0 Å². The van der Waals surface area contributed by atoms with Crippen LogP contribution in [0.25, 0.3) is 0 Å². The molecule has 0 aliphatic carbocycles. The van der Waals surface area contributed by atoms with Gasteiger partial charge >= 0.3 is 0 Å². The van der Waals surface area contributed by atoms with Crippen LogP contribution < -0.4 is 0 Å². The first-order chi connectivity index (χ1) is 11.6. The van der Waals surface area contributed by atoms with E-state index in [4.69, 9.17) is 23.2 Å². The second-order valence-electron chi connectivity index (χ2n) is 6.03. The van der Waals surface area contributed by atoms with E-state index in [2.05, 4.69) is 29.2 Å². The highest BCUT2D eigenvalue weighted by Crippen LogP contribution is 2.23. The Morgan fingerprint density at radius 2 is 1.75 bits per heavy atom. The molecule has 126 valence electrons. The highest BCUT2D eigenvalue weighted by Gasteiger charge is 2.22. The predicted octanol–water partition coefficient (Wildman–Crippen LogP) is 4.34. The molecule has 1 fully saturated rings. The average Bonchev–Trinajstić information content (AvgIpc) is 2.81. The van der Waals surface area contributed by atoms with E-state index in [-0.39, 0.29) is 5.91 Å².